The second-order valence-corrected chi connectivity index (χ2v) is 8.91. The first-order valence-electron chi connectivity index (χ1n) is 11.2. The molecular weight excluding hydrogens is 354 g/mol. The SMILES string of the molecule is CCN(C)CC(=O)N1CCC(N2CCC[C@H](C(=O)N3CCN(C)CC3)C2)CC1. The topological polar surface area (TPSA) is 50.3 Å². The van der Waals surface area contributed by atoms with Crippen molar-refractivity contribution in [1.82, 2.24) is 24.5 Å². The fraction of sp³-hybridized carbons (Fsp3) is 0.905. The maximum Gasteiger partial charge on any atom is 0.236 e. The van der Waals surface area contributed by atoms with Gasteiger partial charge in [0.05, 0.1) is 12.5 Å². The summed E-state index contributed by atoms with van der Waals surface area (Å²) in [6, 6.07) is 0.524. The van der Waals surface area contributed by atoms with E-state index < -0.39 is 0 Å². The molecule has 0 aromatic rings. The molecule has 2 amide bonds. The molecule has 0 spiro atoms. The highest BCUT2D eigenvalue weighted by molar-refractivity contribution is 5.79. The smallest absolute Gasteiger partial charge is 0.236 e. The molecule has 160 valence electrons. The summed E-state index contributed by atoms with van der Waals surface area (Å²) >= 11 is 0. The van der Waals surface area contributed by atoms with Crippen LogP contribution in [0.3, 0.4) is 0 Å². The minimum absolute atomic E-state index is 0.162. The van der Waals surface area contributed by atoms with Gasteiger partial charge in [-0.05, 0) is 52.9 Å². The molecule has 1 atom stereocenters. The van der Waals surface area contributed by atoms with Crippen LogP contribution in [0.1, 0.15) is 32.6 Å². The zero-order chi connectivity index (χ0) is 20.1. The number of hydrogen-bond acceptors (Lipinski definition) is 5. The summed E-state index contributed by atoms with van der Waals surface area (Å²) in [5.41, 5.74) is 0. The van der Waals surface area contributed by atoms with E-state index in [9.17, 15) is 9.59 Å². The Balaban J connectivity index is 1.46. The number of amides is 2. The van der Waals surface area contributed by atoms with Gasteiger partial charge in [-0.2, -0.15) is 0 Å². The Hall–Kier alpha value is -1.18. The summed E-state index contributed by atoms with van der Waals surface area (Å²) in [7, 11) is 4.12. The van der Waals surface area contributed by atoms with Crippen LogP contribution in [-0.2, 0) is 9.59 Å². The third kappa shape index (κ3) is 5.45. The first-order chi connectivity index (χ1) is 13.5. The molecule has 3 saturated heterocycles. The fourth-order valence-electron chi connectivity index (χ4n) is 4.75. The number of rotatable bonds is 5. The summed E-state index contributed by atoms with van der Waals surface area (Å²) in [4.78, 5) is 36.4. The molecule has 3 heterocycles. The van der Waals surface area contributed by atoms with E-state index in [0.29, 0.717) is 18.5 Å². The van der Waals surface area contributed by atoms with Crippen LogP contribution in [0.2, 0.25) is 0 Å². The largest absolute Gasteiger partial charge is 0.341 e. The number of piperidine rings is 2. The molecule has 0 N–H and O–H groups in total. The van der Waals surface area contributed by atoms with Gasteiger partial charge in [-0.3, -0.25) is 19.4 Å². The van der Waals surface area contributed by atoms with Crippen molar-refractivity contribution in [3.63, 3.8) is 0 Å². The number of piperazine rings is 1. The predicted octanol–water partition coefficient (Wildman–Crippen LogP) is 0.415. The van der Waals surface area contributed by atoms with Crippen molar-refractivity contribution in [2.24, 2.45) is 5.92 Å². The minimum atomic E-state index is 0.162. The quantitative estimate of drug-likeness (QED) is 0.677. The molecular formula is C21H39N5O2. The number of nitrogens with zero attached hydrogens (tertiary/aromatic N) is 5. The normalized spacial score (nSPS) is 26.1. The zero-order valence-electron chi connectivity index (χ0n) is 18.1. The van der Waals surface area contributed by atoms with Crippen LogP contribution >= 0.6 is 0 Å². The van der Waals surface area contributed by atoms with Gasteiger partial charge in [0.15, 0.2) is 0 Å². The molecule has 3 aliphatic heterocycles. The molecule has 7 heteroatoms. The van der Waals surface area contributed by atoms with Crippen molar-refractivity contribution in [2.45, 2.75) is 38.6 Å². The maximum absolute atomic E-state index is 13.0. The molecule has 0 bridgehead atoms. The molecule has 0 aromatic heterocycles. The maximum atomic E-state index is 13.0. The lowest BCUT2D eigenvalue weighted by atomic mass is 9.92. The second kappa shape index (κ2) is 10.0. The van der Waals surface area contributed by atoms with E-state index >= 15 is 0 Å². The highest BCUT2D eigenvalue weighted by Crippen LogP contribution is 2.25. The summed E-state index contributed by atoms with van der Waals surface area (Å²) < 4.78 is 0. The molecule has 0 aromatic carbocycles. The molecule has 28 heavy (non-hydrogen) atoms. The Labute approximate surface area is 170 Å². The third-order valence-electron chi connectivity index (χ3n) is 6.90. The van der Waals surface area contributed by atoms with Crippen LogP contribution in [-0.4, -0.2) is 122 Å². The average Bonchev–Trinajstić information content (AvgIpc) is 2.74. The highest BCUT2D eigenvalue weighted by atomic mass is 16.2. The van der Waals surface area contributed by atoms with Crippen LogP contribution in [0.5, 0.6) is 0 Å². The average molecular weight is 394 g/mol. The lowest BCUT2D eigenvalue weighted by Crippen LogP contribution is -2.54. The summed E-state index contributed by atoms with van der Waals surface area (Å²) in [6.07, 6.45) is 4.22. The van der Waals surface area contributed by atoms with E-state index in [0.717, 1.165) is 84.6 Å². The standard InChI is InChI=1S/C21H39N5O2/c1-4-22(2)17-20(27)24-10-7-19(8-11-24)26-9-5-6-18(16-26)21(28)25-14-12-23(3)13-15-25/h18-19H,4-17H2,1-3H3/t18-/m0/s1. The van der Waals surface area contributed by atoms with Crippen LogP contribution in [0.15, 0.2) is 0 Å². The van der Waals surface area contributed by atoms with Crippen LogP contribution in [0.4, 0.5) is 0 Å². The van der Waals surface area contributed by atoms with Crippen molar-refractivity contribution in [3.8, 4) is 0 Å². The first-order valence-corrected chi connectivity index (χ1v) is 11.2. The van der Waals surface area contributed by atoms with Crippen molar-refractivity contribution in [1.29, 1.82) is 0 Å². The van der Waals surface area contributed by atoms with E-state index in [4.69, 9.17) is 0 Å². The Morgan fingerprint density at radius 3 is 2.25 bits per heavy atom. The van der Waals surface area contributed by atoms with Gasteiger partial charge in [0, 0.05) is 51.9 Å². The van der Waals surface area contributed by atoms with Gasteiger partial charge in [-0.25, -0.2) is 0 Å². The molecule has 0 saturated carbocycles. The zero-order valence-corrected chi connectivity index (χ0v) is 18.1. The van der Waals surface area contributed by atoms with E-state index in [1.165, 1.54) is 0 Å². The van der Waals surface area contributed by atoms with Gasteiger partial charge in [0.2, 0.25) is 11.8 Å². The van der Waals surface area contributed by atoms with E-state index in [-0.39, 0.29) is 11.8 Å². The fourth-order valence-corrected chi connectivity index (χ4v) is 4.75. The molecule has 0 aliphatic carbocycles. The lowest BCUT2D eigenvalue weighted by Gasteiger charge is -2.43. The van der Waals surface area contributed by atoms with Crippen LogP contribution < -0.4 is 0 Å². The van der Waals surface area contributed by atoms with E-state index in [2.05, 4.69) is 33.6 Å². The second-order valence-electron chi connectivity index (χ2n) is 8.91. The number of likely N-dealkylation sites (tertiary alicyclic amines) is 2. The number of carbonyl (C=O) groups is 2. The Kier molecular flexibility index (Phi) is 7.71. The molecule has 3 aliphatic rings. The molecule has 0 radical (unpaired) electrons. The van der Waals surface area contributed by atoms with Gasteiger partial charge in [-0.1, -0.05) is 6.92 Å². The number of hydrogen-bond donors (Lipinski definition) is 0. The van der Waals surface area contributed by atoms with Crippen molar-refractivity contribution >= 4 is 11.8 Å². The van der Waals surface area contributed by atoms with Gasteiger partial charge in [-0.15, -0.1) is 0 Å². The Morgan fingerprint density at radius 2 is 1.61 bits per heavy atom. The van der Waals surface area contributed by atoms with Crippen molar-refractivity contribution in [3.05, 3.63) is 0 Å². The molecule has 7 nitrogen and oxygen atoms in total. The summed E-state index contributed by atoms with van der Waals surface area (Å²) in [5.74, 6) is 0.785. The third-order valence-corrected chi connectivity index (χ3v) is 6.90. The summed E-state index contributed by atoms with van der Waals surface area (Å²) in [6.45, 7) is 10.9. The summed E-state index contributed by atoms with van der Waals surface area (Å²) in [5, 5.41) is 0. The number of likely N-dealkylation sites (N-methyl/N-ethyl adjacent to an activating group) is 2. The van der Waals surface area contributed by atoms with Gasteiger partial charge in [0.25, 0.3) is 0 Å². The van der Waals surface area contributed by atoms with Crippen molar-refractivity contribution in [2.75, 3.05) is 79.5 Å². The molecule has 0 unspecified atom stereocenters. The lowest BCUT2D eigenvalue weighted by molar-refractivity contribution is -0.139. The minimum Gasteiger partial charge on any atom is -0.341 e. The van der Waals surface area contributed by atoms with Crippen LogP contribution in [0, 0.1) is 5.92 Å². The Bertz CT molecular complexity index is 527. The number of carbonyl (C=O) groups excluding carboxylic acids is 2. The van der Waals surface area contributed by atoms with Crippen molar-refractivity contribution < 1.29 is 9.59 Å². The van der Waals surface area contributed by atoms with Crippen LogP contribution in [0.25, 0.3) is 0 Å². The van der Waals surface area contributed by atoms with E-state index in [1.807, 2.05) is 11.9 Å². The van der Waals surface area contributed by atoms with E-state index in [1.54, 1.807) is 0 Å². The van der Waals surface area contributed by atoms with Gasteiger partial charge >= 0.3 is 0 Å². The Morgan fingerprint density at radius 1 is 0.929 bits per heavy atom. The predicted molar refractivity (Wildman–Crippen MR) is 111 cm³/mol. The van der Waals surface area contributed by atoms with Gasteiger partial charge in [0.1, 0.15) is 0 Å². The first kappa shape index (κ1) is 21.5. The molecule has 3 fully saturated rings. The monoisotopic (exact) mass is 393 g/mol. The van der Waals surface area contributed by atoms with Gasteiger partial charge < -0.3 is 14.7 Å². The molecule has 3 rings (SSSR count). The highest BCUT2D eigenvalue weighted by Gasteiger charge is 2.34.